The van der Waals surface area contributed by atoms with Gasteiger partial charge in [0.2, 0.25) is 0 Å². The Hall–Kier alpha value is -0.390. The second-order valence-corrected chi connectivity index (χ2v) is 5.53. The molecule has 1 aromatic carbocycles. The molecule has 0 aromatic heterocycles. The predicted molar refractivity (Wildman–Crippen MR) is 56.2 cm³/mol. The lowest BCUT2D eigenvalue weighted by atomic mass is 10.0. The van der Waals surface area contributed by atoms with E-state index < -0.39 is 10.1 Å². The molecule has 0 unspecified atom stereocenters. The average Bonchev–Trinajstić information content (AvgIpc) is 2.01. The number of hydrogen-bond acceptors (Lipinski definition) is 3. The molecule has 0 N–H and O–H groups in total. The first-order valence-electron chi connectivity index (χ1n) is 4.07. The molecule has 0 heterocycles. The van der Waals surface area contributed by atoms with Gasteiger partial charge >= 0.3 is 0 Å². The van der Waals surface area contributed by atoms with Gasteiger partial charge in [-0.2, -0.15) is 0 Å². The molecule has 0 saturated carbocycles. The van der Waals surface area contributed by atoms with E-state index in [2.05, 4.69) is 15.9 Å². The minimum Gasteiger partial charge on any atom is -0.744 e. The van der Waals surface area contributed by atoms with Crippen LogP contribution in [0.1, 0.15) is 25.3 Å². The molecule has 0 aliphatic heterocycles. The minimum atomic E-state index is -4.35. The Balaban J connectivity index is 3.27. The molecule has 3 nitrogen and oxygen atoms in total. The van der Waals surface area contributed by atoms with Gasteiger partial charge in [-0.15, -0.1) is 0 Å². The molecule has 0 amide bonds. The molecule has 0 fully saturated rings. The van der Waals surface area contributed by atoms with Gasteiger partial charge < -0.3 is 4.55 Å². The lowest BCUT2D eigenvalue weighted by molar-refractivity contribution is 0.463. The van der Waals surface area contributed by atoms with Crippen molar-refractivity contribution in [3.8, 4) is 0 Å². The zero-order chi connectivity index (χ0) is 10.9. The molecule has 0 spiro atoms. The van der Waals surface area contributed by atoms with Crippen LogP contribution in [0.25, 0.3) is 0 Å². The Morgan fingerprint density at radius 3 is 2.29 bits per heavy atom. The highest BCUT2D eigenvalue weighted by Gasteiger charge is 2.08. The van der Waals surface area contributed by atoms with E-state index in [1.807, 2.05) is 13.8 Å². The van der Waals surface area contributed by atoms with Gasteiger partial charge in [0, 0.05) is 4.47 Å². The van der Waals surface area contributed by atoms with Crippen molar-refractivity contribution in [3.05, 3.63) is 28.2 Å². The Labute approximate surface area is 92.0 Å². The van der Waals surface area contributed by atoms with Crippen molar-refractivity contribution in [3.63, 3.8) is 0 Å². The quantitative estimate of drug-likeness (QED) is 0.781. The van der Waals surface area contributed by atoms with Crippen molar-refractivity contribution in [1.82, 2.24) is 0 Å². The zero-order valence-electron chi connectivity index (χ0n) is 7.82. The molecule has 0 saturated heterocycles. The zero-order valence-corrected chi connectivity index (χ0v) is 10.2. The monoisotopic (exact) mass is 277 g/mol. The molecule has 0 atom stereocenters. The minimum absolute atomic E-state index is 0.200. The molecule has 0 aliphatic rings. The fourth-order valence-corrected chi connectivity index (χ4v) is 2.62. The highest BCUT2D eigenvalue weighted by molar-refractivity contribution is 9.10. The topological polar surface area (TPSA) is 57.2 Å². The molecule has 78 valence electrons. The Morgan fingerprint density at radius 1 is 1.36 bits per heavy atom. The van der Waals surface area contributed by atoms with Crippen LogP contribution < -0.4 is 0 Å². The van der Waals surface area contributed by atoms with Crippen LogP contribution in [0.5, 0.6) is 0 Å². The molecule has 1 rings (SSSR count). The second kappa shape index (κ2) is 4.00. The Kier molecular flexibility index (Phi) is 3.34. The van der Waals surface area contributed by atoms with Crippen molar-refractivity contribution >= 4 is 26.0 Å². The van der Waals surface area contributed by atoms with Crippen LogP contribution >= 0.6 is 15.9 Å². The van der Waals surface area contributed by atoms with E-state index in [0.29, 0.717) is 4.47 Å². The standard InChI is InChI=1S/C9H11BrO3S/c1-6(2)8-4-3-7(5-9(8)10)14(11,12)13/h3-6H,1-2H3,(H,11,12,13)/p-1. The Bertz CT molecular complexity index is 437. The van der Waals surface area contributed by atoms with Crippen molar-refractivity contribution in [2.24, 2.45) is 0 Å². The van der Waals surface area contributed by atoms with E-state index in [4.69, 9.17) is 0 Å². The van der Waals surface area contributed by atoms with Crippen LogP contribution in [0.3, 0.4) is 0 Å². The molecule has 0 bridgehead atoms. The molecular weight excluding hydrogens is 268 g/mol. The largest absolute Gasteiger partial charge is 0.744 e. The van der Waals surface area contributed by atoms with Gasteiger partial charge in [0.1, 0.15) is 10.1 Å². The van der Waals surface area contributed by atoms with Crippen molar-refractivity contribution < 1.29 is 13.0 Å². The van der Waals surface area contributed by atoms with Crippen LogP contribution in [0.4, 0.5) is 0 Å². The first-order chi connectivity index (χ1) is 6.32. The summed E-state index contributed by atoms with van der Waals surface area (Å²) in [5.74, 6) is 0.285. The first-order valence-corrected chi connectivity index (χ1v) is 6.28. The third-order valence-corrected chi connectivity index (χ3v) is 3.40. The van der Waals surface area contributed by atoms with Crippen LogP contribution in [-0.4, -0.2) is 13.0 Å². The summed E-state index contributed by atoms with van der Waals surface area (Å²) in [7, 11) is -4.35. The molecule has 0 radical (unpaired) electrons. The molecular formula is C9H10BrO3S-. The summed E-state index contributed by atoms with van der Waals surface area (Å²) in [6.07, 6.45) is 0. The van der Waals surface area contributed by atoms with E-state index in [9.17, 15) is 13.0 Å². The van der Waals surface area contributed by atoms with Gasteiger partial charge in [0.25, 0.3) is 0 Å². The number of rotatable bonds is 2. The summed E-state index contributed by atoms with van der Waals surface area (Å²) in [5, 5.41) is 0. The van der Waals surface area contributed by atoms with Crippen molar-refractivity contribution in [1.29, 1.82) is 0 Å². The maximum atomic E-state index is 10.7. The third-order valence-electron chi connectivity index (χ3n) is 1.88. The second-order valence-electron chi connectivity index (χ2n) is 3.29. The maximum absolute atomic E-state index is 10.7. The van der Waals surface area contributed by atoms with Gasteiger partial charge in [-0.1, -0.05) is 35.8 Å². The SMILES string of the molecule is CC(C)c1ccc(S(=O)(=O)[O-])cc1Br. The van der Waals surface area contributed by atoms with Gasteiger partial charge in [-0.05, 0) is 23.6 Å². The van der Waals surface area contributed by atoms with E-state index in [-0.39, 0.29) is 10.8 Å². The van der Waals surface area contributed by atoms with Gasteiger partial charge in [0.15, 0.2) is 0 Å². The predicted octanol–water partition coefficient (Wildman–Crippen LogP) is 2.48. The lowest BCUT2D eigenvalue weighted by Gasteiger charge is -2.12. The molecule has 14 heavy (non-hydrogen) atoms. The fraction of sp³-hybridized carbons (Fsp3) is 0.333. The lowest BCUT2D eigenvalue weighted by Crippen LogP contribution is -1.99. The van der Waals surface area contributed by atoms with Gasteiger partial charge in [-0.3, -0.25) is 0 Å². The summed E-state index contributed by atoms with van der Waals surface area (Å²) in [6, 6.07) is 4.33. The van der Waals surface area contributed by atoms with E-state index >= 15 is 0 Å². The molecule has 5 heteroatoms. The summed E-state index contributed by atoms with van der Waals surface area (Å²) in [6.45, 7) is 3.98. The van der Waals surface area contributed by atoms with Crippen LogP contribution in [0, 0.1) is 0 Å². The molecule has 1 aromatic rings. The van der Waals surface area contributed by atoms with Crippen molar-refractivity contribution in [2.75, 3.05) is 0 Å². The summed E-state index contributed by atoms with van der Waals surface area (Å²) < 4.78 is 32.7. The van der Waals surface area contributed by atoms with E-state index in [1.54, 1.807) is 6.07 Å². The van der Waals surface area contributed by atoms with Crippen LogP contribution in [0.2, 0.25) is 0 Å². The summed E-state index contributed by atoms with van der Waals surface area (Å²) in [4.78, 5) is -0.200. The number of benzene rings is 1. The normalized spacial score (nSPS) is 12.1. The number of hydrogen-bond donors (Lipinski definition) is 0. The highest BCUT2D eigenvalue weighted by Crippen LogP contribution is 2.26. The van der Waals surface area contributed by atoms with E-state index in [1.165, 1.54) is 12.1 Å². The van der Waals surface area contributed by atoms with Crippen LogP contribution in [0.15, 0.2) is 27.6 Å². The highest BCUT2D eigenvalue weighted by atomic mass is 79.9. The van der Waals surface area contributed by atoms with Crippen molar-refractivity contribution in [2.45, 2.75) is 24.7 Å². The van der Waals surface area contributed by atoms with Crippen LogP contribution in [-0.2, 0) is 10.1 Å². The average molecular weight is 278 g/mol. The van der Waals surface area contributed by atoms with Gasteiger partial charge in [0.05, 0.1) is 4.90 Å². The summed E-state index contributed by atoms with van der Waals surface area (Å²) in [5.41, 5.74) is 0.984. The third kappa shape index (κ3) is 2.56. The summed E-state index contributed by atoms with van der Waals surface area (Å²) >= 11 is 3.24. The number of halogens is 1. The first kappa shape index (κ1) is 11.7. The fourth-order valence-electron chi connectivity index (χ4n) is 1.13. The molecule has 0 aliphatic carbocycles. The Morgan fingerprint density at radius 2 is 1.93 bits per heavy atom. The van der Waals surface area contributed by atoms with E-state index in [0.717, 1.165) is 5.56 Å². The van der Waals surface area contributed by atoms with Gasteiger partial charge in [-0.25, -0.2) is 8.42 Å². The maximum Gasteiger partial charge on any atom is 0.124 e. The smallest absolute Gasteiger partial charge is 0.124 e.